The number of piperazine rings is 1. The van der Waals surface area contributed by atoms with Crippen molar-refractivity contribution >= 4 is 11.8 Å². The molecular weight excluding hydrogens is 330 g/mol. The highest BCUT2D eigenvalue weighted by Gasteiger charge is 2.22. The molecule has 2 heterocycles. The molecule has 0 radical (unpaired) electrons. The Kier molecular flexibility index (Phi) is 7.11. The van der Waals surface area contributed by atoms with Crippen LogP contribution in [0, 0.1) is 0 Å². The number of carbonyl (C=O) groups is 2. The van der Waals surface area contributed by atoms with Crippen LogP contribution in [-0.4, -0.2) is 83.4 Å². The molecule has 0 aromatic carbocycles. The van der Waals surface area contributed by atoms with Crippen molar-refractivity contribution in [3.8, 4) is 0 Å². The number of nitrogens with one attached hydrogen (secondary N) is 1. The predicted octanol–water partition coefficient (Wildman–Crippen LogP) is 0.572. The first kappa shape index (κ1) is 20.3. The van der Waals surface area contributed by atoms with E-state index in [2.05, 4.69) is 20.1 Å². The molecule has 0 aliphatic carbocycles. The SMILES string of the molecule is CN(CC(=O)NC(C)(C)C)C(=O)CN1CCN(Cc2ccccn2)CC1. The average molecular weight is 361 g/mol. The van der Waals surface area contributed by atoms with Gasteiger partial charge >= 0.3 is 0 Å². The van der Waals surface area contributed by atoms with E-state index in [4.69, 9.17) is 0 Å². The fourth-order valence-electron chi connectivity index (χ4n) is 2.90. The number of aromatic nitrogens is 1. The number of carbonyl (C=O) groups excluding carboxylic acids is 2. The number of nitrogens with zero attached hydrogens (tertiary/aromatic N) is 4. The second kappa shape index (κ2) is 9.09. The third-order valence-corrected chi connectivity index (χ3v) is 4.26. The molecule has 1 aliphatic heterocycles. The van der Waals surface area contributed by atoms with Crippen LogP contribution in [0.15, 0.2) is 24.4 Å². The van der Waals surface area contributed by atoms with Crippen LogP contribution in [0.3, 0.4) is 0 Å². The quantitative estimate of drug-likeness (QED) is 0.802. The largest absolute Gasteiger partial charge is 0.350 e. The molecular formula is C19H31N5O2. The number of hydrogen-bond acceptors (Lipinski definition) is 5. The van der Waals surface area contributed by atoms with E-state index in [0.29, 0.717) is 6.54 Å². The molecule has 0 spiro atoms. The van der Waals surface area contributed by atoms with Crippen molar-refractivity contribution in [2.45, 2.75) is 32.9 Å². The van der Waals surface area contributed by atoms with E-state index < -0.39 is 0 Å². The van der Waals surface area contributed by atoms with Crippen molar-refractivity contribution in [2.75, 3.05) is 46.3 Å². The van der Waals surface area contributed by atoms with Gasteiger partial charge in [0.15, 0.2) is 0 Å². The standard InChI is InChI=1S/C19H31N5O2/c1-19(2,3)21-17(25)14-22(4)18(26)15-24-11-9-23(10-12-24)13-16-7-5-6-8-20-16/h5-8H,9-15H2,1-4H3,(H,21,25). The lowest BCUT2D eigenvalue weighted by molar-refractivity contribution is -0.136. The highest BCUT2D eigenvalue weighted by Crippen LogP contribution is 2.07. The first-order valence-electron chi connectivity index (χ1n) is 9.12. The van der Waals surface area contributed by atoms with Crippen LogP contribution >= 0.6 is 0 Å². The zero-order valence-corrected chi connectivity index (χ0v) is 16.4. The van der Waals surface area contributed by atoms with Gasteiger partial charge in [-0.3, -0.25) is 24.4 Å². The van der Waals surface area contributed by atoms with E-state index in [0.717, 1.165) is 38.4 Å². The van der Waals surface area contributed by atoms with Gasteiger partial charge in [-0.25, -0.2) is 0 Å². The first-order chi connectivity index (χ1) is 12.2. The lowest BCUT2D eigenvalue weighted by atomic mass is 10.1. The van der Waals surface area contributed by atoms with Gasteiger partial charge in [0.05, 0.1) is 18.8 Å². The van der Waals surface area contributed by atoms with E-state index in [9.17, 15) is 9.59 Å². The summed E-state index contributed by atoms with van der Waals surface area (Å²) in [6.07, 6.45) is 1.82. The minimum atomic E-state index is -0.287. The molecule has 2 rings (SSSR count). The maximum absolute atomic E-state index is 12.4. The molecule has 26 heavy (non-hydrogen) atoms. The summed E-state index contributed by atoms with van der Waals surface area (Å²) in [6, 6.07) is 5.96. The second-order valence-electron chi connectivity index (χ2n) is 7.92. The summed E-state index contributed by atoms with van der Waals surface area (Å²) in [5.41, 5.74) is 0.784. The number of pyridine rings is 1. The van der Waals surface area contributed by atoms with Gasteiger partial charge in [0.25, 0.3) is 0 Å². The minimum absolute atomic E-state index is 0.0211. The fraction of sp³-hybridized carbons (Fsp3) is 0.632. The number of amides is 2. The minimum Gasteiger partial charge on any atom is -0.350 e. The molecule has 1 aromatic heterocycles. The second-order valence-corrected chi connectivity index (χ2v) is 7.92. The lowest BCUT2D eigenvalue weighted by Gasteiger charge is -2.34. The summed E-state index contributed by atoms with van der Waals surface area (Å²) in [7, 11) is 1.68. The Bertz CT molecular complexity index is 592. The normalized spacial score (nSPS) is 16.3. The van der Waals surface area contributed by atoms with Crippen molar-refractivity contribution in [3.63, 3.8) is 0 Å². The Balaban J connectivity index is 1.71. The van der Waals surface area contributed by atoms with Crippen LogP contribution in [0.4, 0.5) is 0 Å². The molecule has 1 fully saturated rings. The van der Waals surface area contributed by atoms with Crippen molar-refractivity contribution < 1.29 is 9.59 Å². The number of hydrogen-bond donors (Lipinski definition) is 1. The van der Waals surface area contributed by atoms with Crippen molar-refractivity contribution in [3.05, 3.63) is 30.1 Å². The van der Waals surface area contributed by atoms with Gasteiger partial charge in [-0.15, -0.1) is 0 Å². The average Bonchev–Trinajstić information content (AvgIpc) is 2.55. The Morgan fingerprint density at radius 1 is 1.15 bits per heavy atom. The van der Waals surface area contributed by atoms with E-state index in [1.165, 1.54) is 4.90 Å². The summed E-state index contributed by atoms with van der Waals surface area (Å²) in [5, 5.41) is 2.88. The molecule has 0 bridgehead atoms. The highest BCUT2D eigenvalue weighted by atomic mass is 16.2. The summed E-state index contributed by atoms with van der Waals surface area (Å²) in [6.45, 7) is 10.6. The summed E-state index contributed by atoms with van der Waals surface area (Å²) < 4.78 is 0. The van der Waals surface area contributed by atoms with Crippen LogP contribution in [0.2, 0.25) is 0 Å². The maximum Gasteiger partial charge on any atom is 0.240 e. The molecule has 1 aliphatic rings. The van der Waals surface area contributed by atoms with Crippen LogP contribution in [0.5, 0.6) is 0 Å². The molecule has 2 amide bonds. The topological polar surface area (TPSA) is 68.8 Å². The van der Waals surface area contributed by atoms with Gasteiger partial charge in [-0.2, -0.15) is 0 Å². The maximum atomic E-state index is 12.4. The molecule has 144 valence electrons. The fourth-order valence-corrected chi connectivity index (χ4v) is 2.90. The molecule has 0 saturated carbocycles. The van der Waals surface area contributed by atoms with Gasteiger partial charge in [0.1, 0.15) is 0 Å². The smallest absolute Gasteiger partial charge is 0.240 e. The van der Waals surface area contributed by atoms with E-state index >= 15 is 0 Å². The first-order valence-corrected chi connectivity index (χ1v) is 9.12. The van der Waals surface area contributed by atoms with Crippen molar-refractivity contribution in [1.29, 1.82) is 0 Å². The molecule has 1 N–H and O–H groups in total. The summed E-state index contributed by atoms with van der Waals surface area (Å²) in [4.78, 5) is 34.7. The molecule has 1 aromatic rings. The summed E-state index contributed by atoms with van der Waals surface area (Å²) >= 11 is 0. The summed E-state index contributed by atoms with van der Waals surface area (Å²) in [5.74, 6) is -0.152. The zero-order chi connectivity index (χ0) is 19.2. The van der Waals surface area contributed by atoms with Gasteiger partial charge < -0.3 is 10.2 Å². The number of likely N-dealkylation sites (N-methyl/N-ethyl adjacent to an activating group) is 1. The third-order valence-electron chi connectivity index (χ3n) is 4.26. The van der Waals surface area contributed by atoms with E-state index in [1.807, 2.05) is 45.2 Å². The van der Waals surface area contributed by atoms with E-state index in [1.54, 1.807) is 7.05 Å². The van der Waals surface area contributed by atoms with Crippen LogP contribution in [-0.2, 0) is 16.1 Å². The Morgan fingerprint density at radius 3 is 2.38 bits per heavy atom. The molecule has 1 saturated heterocycles. The van der Waals surface area contributed by atoms with Crippen LogP contribution in [0.1, 0.15) is 26.5 Å². The molecule has 7 nitrogen and oxygen atoms in total. The molecule has 0 unspecified atom stereocenters. The zero-order valence-electron chi connectivity index (χ0n) is 16.4. The van der Waals surface area contributed by atoms with Crippen molar-refractivity contribution in [1.82, 2.24) is 25.0 Å². The third kappa shape index (κ3) is 7.09. The van der Waals surface area contributed by atoms with Crippen molar-refractivity contribution in [2.24, 2.45) is 0 Å². The van der Waals surface area contributed by atoms with Gasteiger partial charge in [-0.1, -0.05) is 6.07 Å². The predicted molar refractivity (Wildman–Crippen MR) is 101 cm³/mol. The lowest BCUT2D eigenvalue weighted by Crippen LogP contribution is -2.51. The highest BCUT2D eigenvalue weighted by molar-refractivity contribution is 5.85. The van der Waals surface area contributed by atoms with Gasteiger partial charge in [0.2, 0.25) is 11.8 Å². The van der Waals surface area contributed by atoms with Crippen LogP contribution < -0.4 is 5.32 Å². The molecule has 0 atom stereocenters. The van der Waals surface area contributed by atoms with Gasteiger partial charge in [0, 0.05) is 51.5 Å². The van der Waals surface area contributed by atoms with Gasteiger partial charge in [-0.05, 0) is 32.9 Å². The Hall–Kier alpha value is -1.99. The van der Waals surface area contributed by atoms with E-state index in [-0.39, 0.29) is 23.9 Å². The Morgan fingerprint density at radius 2 is 1.81 bits per heavy atom. The van der Waals surface area contributed by atoms with Crippen LogP contribution in [0.25, 0.3) is 0 Å². The number of rotatable bonds is 6. The monoisotopic (exact) mass is 361 g/mol. The Labute approximate surface area is 156 Å². The molecule has 7 heteroatoms.